The van der Waals surface area contributed by atoms with Crippen LogP contribution in [0.2, 0.25) is 0 Å². The highest BCUT2D eigenvalue weighted by atomic mass is 32.2. The topological polar surface area (TPSA) is 57.7 Å². The van der Waals surface area contributed by atoms with E-state index in [1.165, 1.54) is 17.3 Å². The van der Waals surface area contributed by atoms with Crippen molar-refractivity contribution < 1.29 is 17.6 Å². The molecule has 0 saturated carbocycles. The van der Waals surface area contributed by atoms with E-state index < -0.39 is 15.8 Å². The highest BCUT2D eigenvalue weighted by Gasteiger charge is 2.30. The van der Waals surface area contributed by atoms with Crippen LogP contribution in [-0.2, 0) is 10.0 Å². The second-order valence-electron chi connectivity index (χ2n) is 6.88. The molecule has 0 aliphatic carbocycles. The SMILES string of the molecule is CC(=O)c1ccc(N2CCN(S(=O)(=O)c3cc(C)ccc3C)CC2)c(F)c1. The molecule has 1 saturated heterocycles. The van der Waals surface area contributed by atoms with E-state index in [-0.39, 0.29) is 18.9 Å². The molecule has 27 heavy (non-hydrogen) atoms. The Morgan fingerprint density at radius 2 is 1.67 bits per heavy atom. The molecule has 2 aromatic rings. The quantitative estimate of drug-likeness (QED) is 0.753. The number of aryl methyl sites for hydroxylation is 2. The number of sulfonamides is 1. The zero-order valence-corrected chi connectivity index (χ0v) is 16.5. The number of hydrogen-bond donors (Lipinski definition) is 0. The van der Waals surface area contributed by atoms with Gasteiger partial charge in [-0.1, -0.05) is 12.1 Å². The van der Waals surface area contributed by atoms with Crippen LogP contribution in [0.4, 0.5) is 10.1 Å². The second kappa shape index (κ2) is 7.40. The average molecular weight is 390 g/mol. The molecule has 3 rings (SSSR count). The zero-order chi connectivity index (χ0) is 19.8. The molecular weight excluding hydrogens is 367 g/mol. The minimum atomic E-state index is -3.58. The van der Waals surface area contributed by atoms with Crippen molar-refractivity contribution in [3.8, 4) is 0 Å². The summed E-state index contributed by atoms with van der Waals surface area (Å²) in [4.78, 5) is 13.5. The van der Waals surface area contributed by atoms with Gasteiger partial charge in [-0.3, -0.25) is 4.79 Å². The van der Waals surface area contributed by atoms with Crippen molar-refractivity contribution in [1.82, 2.24) is 4.31 Å². The Labute approximate surface area is 159 Å². The van der Waals surface area contributed by atoms with Crippen LogP contribution < -0.4 is 4.90 Å². The third-order valence-electron chi connectivity index (χ3n) is 4.90. The van der Waals surface area contributed by atoms with Crippen LogP contribution in [0.15, 0.2) is 41.3 Å². The van der Waals surface area contributed by atoms with Crippen molar-refractivity contribution in [3.63, 3.8) is 0 Å². The molecule has 5 nitrogen and oxygen atoms in total. The number of halogens is 1. The third-order valence-corrected chi connectivity index (χ3v) is 6.94. The van der Waals surface area contributed by atoms with Crippen molar-refractivity contribution in [3.05, 3.63) is 58.9 Å². The number of carbonyl (C=O) groups is 1. The van der Waals surface area contributed by atoms with Gasteiger partial charge in [0.25, 0.3) is 0 Å². The summed E-state index contributed by atoms with van der Waals surface area (Å²) in [6, 6.07) is 9.80. The Balaban J connectivity index is 1.77. The van der Waals surface area contributed by atoms with Gasteiger partial charge >= 0.3 is 0 Å². The summed E-state index contributed by atoms with van der Waals surface area (Å²) < 4.78 is 41.8. The molecule has 144 valence electrons. The first-order valence-corrected chi connectivity index (χ1v) is 10.3. The van der Waals surface area contributed by atoms with E-state index in [1.807, 2.05) is 24.0 Å². The second-order valence-corrected chi connectivity index (χ2v) is 8.79. The van der Waals surface area contributed by atoms with E-state index in [2.05, 4.69) is 0 Å². The smallest absolute Gasteiger partial charge is 0.243 e. The number of benzene rings is 2. The first-order chi connectivity index (χ1) is 12.7. The number of anilines is 1. The Hall–Kier alpha value is -2.25. The molecular formula is C20H23FN2O3S. The molecule has 0 N–H and O–H groups in total. The summed E-state index contributed by atoms with van der Waals surface area (Å²) in [6.07, 6.45) is 0. The molecule has 0 amide bonds. The van der Waals surface area contributed by atoms with Crippen molar-refractivity contribution in [2.75, 3.05) is 31.1 Å². The van der Waals surface area contributed by atoms with Gasteiger partial charge in [-0.25, -0.2) is 12.8 Å². The van der Waals surface area contributed by atoms with E-state index in [4.69, 9.17) is 0 Å². The van der Waals surface area contributed by atoms with Crippen LogP contribution >= 0.6 is 0 Å². The van der Waals surface area contributed by atoms with Crippen molar-refractivity contribution >= 4 is 21.5 Å². The van der Waals surface area contributed by atoms with E-state index in [1.54, 1.807) is 25.1 Å². The van der Waals surface area contributed by atoms with Gasteiger partial charge in [-0.05, 0) is 56.2 Å². The summed E-state index contributed by atoms with van der Waals surface area (Å²) in [5, 5.41) is 0. The van der Waals surface area contributed by atoms with Gasteiger partial charge in [0.2, 0.25) is 10.0 Å². The lowest BCUT2D eigenvalue weighted by Gasteiger charge is -2.35. The van der Waals surface area contributed by atoms with Gasteiger partial charge in [-0.2, -0.15) is 4.31 Å². The maximum absolute atomic E-state index is 14.4. The molecule has 0 spiro atoms. The van der Waals surface area contributed by atoms with Crippen LogP contribution in [0.3, 0.4) is 0 Å². The third kappa shape index (κ3) is 3.89. The molecule has 0 unspecified atom stereocenters. The lowest BCUT2D eigenvalue weighted by molar-refractivity contribution is 0.101. The predicted octanol–water partition coefficient (Wildman–Crippen LogP) is 3.16. The molecule has 1 fully saturated rings. The van der Waals surface area contributed by atoms with Gasteiger partial charge < -0.3 is 4.90 Å². The van der Waals surface area contributed by atoms with E-state index in [0.29, 0.717) is 34.8 Å². The number of piperazine rings is 1. The monoisotopic (exact) mass is 390 g/mol. The molecule has 1 aliphatic rings. The van der Waals surface area contributed by atoms with Gasteiger partial charge in [0.05, 0.1) is 10.6 Å². The highest BCUT2D eigenvalue weighted by molar-refractivity contribution is 7.89. The molecule has 1 heterocycles. The van der Waals surface area contributed by atoms with E-state index in [9.17, 15) is 17.6 Å². The predicted molar refractivity (Wildman–Crippen MR) is 103 cm³/mol. The minimum absolute atomic E-state index is 0.190. The first-order valence-electron chi connectivity index (χ1n) is 8.83. The number of rotatable bonds is 4. The fourth-order valence-corrected chi connectivity index (χ4v) is 5.01. The number of Topliss-reactive ketones (excluding diaryl/α,β-unsaturated/α-hetero) is 1. The van der Waals surface area contributed by atoms with Crippen LogP contribution in [0.5, 0.6) is 0 Å². The number of hydrogen-bond acceptors (Lipinski definition) is 4. The van der Waals surface area contributed by atoms with Crippen molar-refractivity contribution in [1.29, 1.82) is 0 Å². The minimum Gasteiger partial charge on any atom is -0.367 e. The molecule has 0 atom stereocenters. The lowest BCUT2D eigenvalue weighted by atomic mass is 10.1. The highest BCUT2D eigenvalue weighted by Crippen LogP contribution is 2.26. The summed E-state index contributed by atoms with van der Waals surface area (Å²) in [5.41, 5.74) is 2.33. The molecule has 0 radical (unpaired) electrons. The standard InChI is InChI=1S/C20H23FN2O3S/c1-14-4-5-15(2)20(12-14)27(25,26)23-10-8-22(9-11-23)19-7-6-17(16(3)24)13-18(19)21/h4-7,12-13H,8-11H2,1-3H3. The maximum atomic E-state index is 14.4. The number of ketones is 1. The Morgan fingerprint density at radius 3 is 2.26 bits per heavy atom. The number of nitrogens with zero attached hydrogens (tertiary/aromatic N) is 2. The molecule has 7 heteroatoms. The summed E-state index contributed by atoms with van der Waals surface area (Å²) in [7, 11) is -3.58. The van der Waals surface area contributed by atoms with E-state index >= 15 is 0 Å². The Kier molecular flexibility index (Phi) is 5.35. The summed E-state index contributed by atoms with van der Waals surface area (Å²) in [6.45, 7) is 6.39. The number of carbonyl (C=O) groups excluding carboxylic acids is 1. The largest absolute Gasteiger partial charge is 0.367 e. The van der Waals surface area contributed by atoms with Crippen LogP contribution in [0.25, 0.3) is 0 Å². The lowest BCUT2D eigenvalue weighted by Crippen LogP contribution is -2.49. The molecule has 1 aliphatic heterocycles. The van der Waals surface area contributed by atoms with Crippen LogP contribution in [-0.4, -0.2) is 44.7 Å². The summed E-state index contributed by atoms with van der Waals surface area (Å²) in [5.74, 6) is -0.654. The van der Waals surface area contributed by atoms with Crippen molar-refractivity contribution in [2.45, 2.75) is 25.7 Å². The van der Waals surface area contributed by atoms with Gasteiger partial charge in [0.1, 0.15) is 5.82 Å². The van der Waals surface area contributed by atoms with Gasteiger partial charge in [0, 0.05) is 31.7 Å². The fourth-order valence-electron chi connectivity index (χ4n) is 3.28. The van der Waals surface area contributed by atoms with Gasteiger partial charge in [0.15, 0.2) is 5.78 Å². The van der Waals surface area contributed by atoms with Crippen molar-refractivity contribution in [2.24, 2.45) is 0 Å². The maximum Gasteiger partial charge on any atom is 0.243 e. The fraction of sp³-hybridized carbons (Fsp3) is 0.350. The zero-order valence-electron chi connectivity index (χ0n) is 15.7. The Bertz CT molecular complexity index is 981. The first kappa shape index (κ1) is 19.5. The van der Waals surface area contributed by atoms with Crippen LogP contribution in [0, 0.1) is 19.7 Å². The normalized spacial score (nSPS) is 15.8. The molecule has 0 bridgehead atoms. The van der Waals surface area contributed by atoms with E-state index in [0.717, 1.165) is 5.56 Å². The summed E-state index contributed by atoms with van der Waals surface area (Å²) >= 11 is 0. The molecule has 0 aromatic heterocycles. The Morgan fingerprint density at radius 1 is 1.00 bits per heavy atom. The van der Waals surface area contributed by atoms with Crippen LogP contribution in [0.1, 0.15) is 28.4 Å². The molecule has 2 aromatic carbocycles. The van der Waals surface area contributed by atoms with Gasteiger partial charge in [-0.15, -0.1) is 0 Å². The average Bonchev–Trinajstić information content (AvgIpc) is 2.63.